The number of nitrogens with one attached hydrogen (secondary N) is 1. The molecule has 2 nitrogen and oxygen atoms in total. The molecule has 3 rings (SSSR count). The van der Waals surface area contributed by atoms with Crippen LogP contribution in [0.4, 0.5) is 0 Å². The molecule has 21 heavy (non-hydrogen) atoms. The monoisotopic (exact) mass is 352 g/mol. The summed E-state index contributed by atoms with van der Waals surface area (Å²) in [5, 5.41) is 11.0. The molecule has 0 radical (unpaired) electrons. The van der Waals surface area contributed by atoms with Gasteiger partial charge in [0.2, 0.25) is 0 Å². The first-order valence-electron chi connectivity index (χ1n) is 8.40. The molecule has 0 unspecified atom stereocenters. The molecule has 2 aliphatic rings. The van der Waals surface area contributed by atoms with Crippen LogP contribution in [-0.2, 0) is 5.60 Å². The van der Waals surface area contributed by atoms with Crippen molar-refractivity contribution in [3.8, 4) is 0 Å². The summed E-state index contributed by atoms with van der Waals surface area (Å²) in [5.41, 5.74) is 0.478. The van der Waals surface area contributed by atoms with Gasteiger partial charge in [0.05, 0.1) is 19.1 Å². The van der Waals surface area contributed by atoms with Gasteiger partial charge in [-0.25, -0.2) is 0 Å². The Labute approximate surface area is 136 Å². The molecule has 0 spiro atoms. The van der Waals surface area contributed by atoms with Crippen LogP contribution in [-0.4, -0.2) is 24.2 Å². The molecule has 2 atom stereocenters. The highest BCUT2D eigenvalue weighted by Crippen LogP contribution is 2.31. The summed E-state index contributed by atoms with van der Waals surface area (Å²) < 4.78 is 1.08. The molecule has 0 amide bonds. The van der Waals surface area contributed by atoms with Crippen LogP contribution in [0.2, 0.25) is 0 Å². The number of aliphatic hydroxyl groups is 1. The van der Waals surface area contributed by atoms with Crippen molar-refractivity contribution in [2.45, 2.75) is 57.1 Å². The smallest absolute Gasteiger partial charge is 0.100 e. The van der Waals surface area contributed by atoms with Crippen LogP contribution < -0.4 is 4.90 Å². The standard InChI is InChI=1S/C18H26BrNO/c1-14-3-2-4-17(13-14)20-11-9-18(21,10-12-20)15-5-7-16(19)8-6-15/h5-8,14,17,21H,2-4,9-13H2,1H3/p+1/t14-,17+/m0/s1. The van der Waals surface area contributed by atoms with Gasteiger partial charge in [0.25, 0.3) is 0 Å². The lowest BCUT2D eigenvalue weighted by atomic mass is 9.81. The lowest BCUT2D eigenvalue weighted by Gasteiger charge is -2.41. The molecule has 3 heteroatoms. The van der Waals surface area contributed by atoms with Crippen LogP contribution in [0.1, 0.15) is 51.0 Å². The van der Waals surface area contributed by atoms with E-state index in [4.69, 9.17) is 0 Å². The fourth-order valence-corrected chi connectivity index (χ4v) is 4.51. The highest BCUT2D eigenvalue weighted by atomic mass is 79.9. The molecule has 1 heterocycles. The van der Waals surface area contributed by atoms with Crippen molar-refractivity contribution >= 4 is 15.9 Å². The Morgan fingerprint density at radius 2 is 1.81 bits per heavy atom. The van der Waals surface area contributed by atoms with Crippen molar-refractivity contribution in [1.82, 2.24) is 0 Å². The lowest BCUT2D eigenvalue weighted by molar-refractivity contribution is -0.934. The molecular formula is C18H27BrNO+. The fraction of sp³-hybridized carbons (Fsp3) is 0.667. The maximum Gasteiger partial charge on any atom is 0.100 e. The number of likely N-dealkylation sites (tertiary alicyclic amines) is 1. The van der Waals surface area contributed by atoms with Gasteiger partial charge in [-0.3, -0.25) is 0 Å². The highest BCUT2D eigenvalue weighted by molar-refractivity contribution is 9.10. The van der Waals surface area contributed by atoms with Gasteiger partial charge in [0.15, 0.2) is 0 Å². The normalized spacial score (nSPS) is 37.4. The minimum absolute atomic E-state index is 0.607. The molecule has 1 aromatic rings. The minimum atomic E-state index is -0.607. The fourth-order valence-electron chi connectivity index (χ4n) is 4.25. The van der Waals surface area contributed by atoms with Crippen molar-refractivity contribution in [3.05, 3.63) is 34.3 Å². The maximum atomic E-state index is 11.0. The van der Waals surface area contributed by atoms with E-state index < -0.39 is 5.60 Å². The molecule has 116 valence electrons. The first-order chi connectivity index (χ1) is 10.1. The van der Waals surface area contributed by atoms with Gasteiger partial charge >= 0.3 is 0 Å². The summed E-state index contributed by atoms with van der Waals surface area (Å²) in [4.78, 5) is 1.74. The first-order valence-corrected chi connectivity index (χ1v) is 9.19. The van der Waals surface area contributed by atoms with Gasteiger partial charge in [-0.1, -0.05) is 41.4 Å². The van der Waals surface area contributed by atoms with Gasteiger partial charge < -0.3 is 10.0 Å². The third kappa shape index (κ3) is 3.52. The number of benzene rings is 1. The van der Waals surface area contributed by atoms with Crippen molar-refractivity contribution in [2.24, 2.45) is 5.92 Å². The molecule has 2 fully saturated rings. The van der Waals surface area contributed by atoms with Crippen molar-refractivity contribution in [1.29, 1.82) is 0 Å². The van der Waals surface area contributed by atoms with Crippen LogP contribution in [0.15, 0.2) is 28.7 Å². The number of piperidine rings is 1. The molecular weight excluding hydrogens is 326 g/mol. The van der Waals surface area contributed by atoms with Gasteiger partial charge in [-0.05, 0) is 36.5 Å². The Balaban J connectivity index is 1.62. The molecule has 0 bridgehead atoms. The van der Waals surface area contributed by atoms with E-state index in [9.17, 15) is 5.11 Å². The zero-order valence-corrected chi connectivity index (χ0v) is 14.5. The van der Waals surface area contributed by atoms with Crippen LogP contribution in [0.25, 0.3) is 0 Å². The van der Waals surface area contributed by atoms with E-state index in [1.807, 2.05) is 12.1 Å². The largest absolute Gasteiger partial charge is 0.385 e. The maximum absolute atomic E-state index is 11.0. The zero-order valence-electron chi connectivity index (χ0n) is 12.9. The van der Waals surface area contributed by atoms with Crippen molar-refractivity contribution in [2.75, 3.05) is 13.1 Å². The molecule has 1 aromatic carbocycles. The quantitative estimate of drug-likeness (QED) is 0.840. The number of hydrogen-bond donors (Lipinski definition) is 2. The Morgan fingerprint density at radius 3 is 2.43 bits per heavy atom. The van der Waals surface area contributed by atoms with Gasteiger partial charge in [-0.2, -0.15) is 0 Å². The predicted molar refractivity (Wildman–Crippen MR) is 89.4 cm³/mol. The van der Waals surface area contributed by atoms with E-state index in [1.54, 1.807) is 4.90 Å². The van der Waals surface area contributed by atoms with Crippen molar-refractivity contribution in [3.63, 3.8) is 0 Å². The van der Waals surface area contributed by atoms with E-state index in [-0.39, 0.29) is 0 Å². The Morgan fingerprint density at radius 1 is 1.14 bits per heavy atom. The summed E-state index contributed by atoms with van der Waals surface area (Å²) in [7, 11) is 0. The number of hydrogen-bond acceptors (Lipinski definition) is 1. The average Bonchev–Trinajstić information content (AvgIpc) is 2.48. The van der Waals surface area contributed by atoms with Gasteiger partial charge in [0, 0.05) is 23.7 Å². The second-order valence-corrected chi connectivity index (χ2v) is 8.08. The highest BCUT2D eigenvalue weighted by Gasteiger charge is 2.39. The molecule has 2 N–H and O–H groups in total. The number of rotatable bonds is 2. The summed E-state index contributed by atoms with van der Waals surface area (Å²) >= 11 is 3.47. The first kappa shape index (κ1) is 15.5. The summed E-state index contributed by atoms with van der Waals surface area (Å²) in [6.45, 7) is 4.63. The SMILES string of the molecule is C[C@H]1CCC[C@@H]([NH+]2CCC(O)(c3ccc(Br)cc3)CC2)C1. The molecule has 1 aliphatic carbocycles. The Bertz CT molecular complexity index is 465. The summed E-state index contributed by atoms with van der Waals surface area (Å²) in [6.07, 6.45) is 7.37. The average molecular weight is 353 g/mol. The molecule has 1 saturated carbocycles. The number of halogens is 1. The summed E-state index contributed by atoms with van der Waals surface area (Å²) in [5.74, 6) is 0.892. The van der Waals surface area contributed by atoms with E-state index in [2.05, 4.69) is 35.0 Å². The van der Waals surface area contributed by atoms with Crippen LogP contribution in [0, 0.1) is 5.92 Å². The van der Waals surface area contributed by atoms with Crippen LogP contribution >= 0.6 is 15.9 Å². The van der Waals surface area contributed by atoms with Crippen LogP contribution in [0.5, 0.6) is 0 Å². The van der Waals surface area contributed by atoms with Gasteiger partial charge in [0.1, 0.15) is 5.60 Å². The predicted octanol–water partition coefficient (Wildman–Crippen LogP) is 2.89. The van der Waals surface area contributed by atoms with E-state index in [1.165, 1.54) is 25.7 Å². The second kappa shape index (κ2) is 6.39. The third-order valence-electron chi connectivity index (χ3n) is 5.61. The number of quaternary nitrogens is 1. The minimum Gasteiger partial charge on any atom is -0.385 e. The van der Waals surface area contributed by atoms with E-state index in [0.29, 0.717) is 0 Å². The van der Waals surface area contributed by atoms with Crippen molar-refractivity contribution < 1.29 is 10.0 Å². The topological polar surface area (TPSA) is 24.7 Å². The summed E-state index contributed by atoms with van der Waals surface area (Å²) in [6, 6.07) is 9.04. The second-order valence-electron chi connectivity index (χ2n) is 7.17. The molecule has 1 saturated heterocycles. The third-order valence-corrected chi connectivity index (χ3v) is 6.14. The van der Waals surface area contributed by atoms with E-state index >= 15 is 0 Å². The molecule has 1 aliphatic heterocycles. The molecule has 0 aromatic heterocycles. The zero-order chi connectivity index (χ0) is 14.9. The lowest BCUT2D eigenvalue weighted by Crippen LogP contribution is -3.17. The van der Waals surface area contributed by atoms with Gasteiger partial charge in [-0.15, -0.1) is 0 Å². The Hall–Kier alpha value is -0.380. The Kier molecular flexibility index (Phi) is 4.72. The van der Waals surface area contributed by atoms with E-state index in [0.717, 1.165) is 47.9 Å². The van der Waals surface area contributed by atoms with Crippen LogP contribution in [0.3, 0.4) is 0 Å².